The number of nitrogens with one attached hydrogen (secondary N) is 1. The molecule has 0 unspecified atom stereocenters. The lowest BCUT2D eigenvalue weighted by atomic mass is 9.92. The third-order valence-electron chi connectivity index (χ3n) is 4.30. The average molecular weight is 321 g/mol. The molecule has 1 saturated carbocycles. The molecule has 5 heteroatoms. The Balaban J connectivity index is 0.00000176. The lowest BCUT2D eigenvalue weighted by Crippen LogP contribution is -2.33. The summed E-state index contributed by atoms with van der Waals surface area (Å²) in [6.07, 6.45) is 4.47. The van der Waals surface area contributed by atoms with Gasteiger partial charge in [0.25, 0.3) is 0 Å². The molecule has 0 amide bonds. The molecule has 22 heavy (non-hydrogen) atoms. The van der Waals surface area contributed by atoms with Crippen molar-refractivity contribution < 1.29 is 0 Å². The summed E-state index contributed by atoms with van der Waals surface area (Å²) >= 11 is 0. The smallest absolute Gasteiger partial charge is 0.128 e. The van der Waals surface area contributed by atoms with E-state index in [0.717, 1.165) is 37.0 Å². The maximum Gasteiger partial charge on any atom is 0.128 e. The highest BCUT2D eigenvalue weighted by Gasteiger charge is 2.19. The van der Waals surface area contributed by atoms with Crippen molar-refractivity contribution in [3.8, 4) is 0 Å². The molecule has 1 fully saturated rings. The third kappa shape index (κ3) is 3.62. The molecule has 1 aliphatic carbocycles. The highest BCUT2D eigenvalue weighted by molar-refractivity contribution is 5.93. The number of pyridine rings is 1. The van der Waals surface area contributed by atoms with Gasteiger partial charge in [0.1, 0.15) is 5.82 Å². The minimum atomic E-state index is 0. The van der Waals surface area contributed by atoms with Crippen LogP contribution in [0.2, 0.25) is 0 Å². The Morgan fingerprint density at radius 1 is 1.14 bits per heavy atom. The van der Waals surface area contributed by atoms with Crippen molar-refractivity contribution in [3.05, 3.63) is 30.3 Å². The van der Waals surface area contributed by atoms with Crippen LogP contribution in [0.3, 0.4) is 0 Å². The number of para-hydroxylation sites is 1. The first-order valence-corrected chi connectivity index (χ1v) is 7.72. The topological polar surface area (TPSA) is 54.2 Å². The van der Waals surface area contributed by atoms with E-state index in [2.05, 4.69) is 48.6 Å². The Hall–Kier alpha value is -1.52. The van der Waals surface area contributed by atoms with E-state index in [1.54, 1.807) is 0 Å². The zero-order valence-corrected chi connectivity index (χ0v) is 14.1. The van der Waals surface area contributed by atoms with Crippen molar-refractivity contribution in [3.63, 3.8) is 0 Å². The molecule has 1 aliphatic rings. The Labute approximate surface area is 138 Å². The number of benzene rings is 1. The Bertz CT molecular complexity index is 621. The van der Waals surface area contributed by atoms with E-state index >= 15 is 0 Å². The molecule has 120 valence electrons. The number of fused-ring (bicyclic) bond motifs is 1. The standard InChI is InChI=1S/C17H24N4.ClH/c1-21(2)16-11-17(19-13-9-7-12(18)8-10-13)20-15-6-4-3-5-14(15)16;/h3-6,11-13H,7-10,18H2,1-2H3,(H,19,20);1H/t12-,13+;. The second kappa shape index (κ2) is 7.16. The highest BCUT2D eigenvalue weighted by Crippen LogP contribution is 2.28. The molecular weight excluding hydrogens is 296 g/mol. The van der Waals surface area contributed by atoms with Crippen LogP contribution in [0.5, 0.6) is 0 Å². The molecule has 3 N–H and O–H groups in total. The molecule has 0 atom stereocenters. The van der Waals surface area contributed by atoms with Gasteiger partial charge in [0.15, 0.2) is 0 Å². The van der Waals surface area contributed by atoms with E-state index < -0.39 is 0 Å². The quantitative estimate of drug-likeness (QED) is 0.910. The normalized spacial score (nSPS) is 21.2. The second-order valence-corrected chi connectivity index (χ2v) is 6.19. The van der Waals surface area contributed by atoms with Crippen LogP contribution in [-0.4, -0.2) is 31.2 Å². The Morgan fingerprint density at radius 3 is 2.50 bits per heavy atom. The van der Waals surface area contributed by atoms with Gasteiger partial charge in [-0.1, -0.05) is 18.2 Å². The number of hydrogen-bond acceptors (Lipinski definition) is 4. The monoisotopic (exact) mass is 320 g/mol. The van der Waals surface area contributed by atoms with Crippen molar-refractivity contribution in [2.45, 2.75) is 37.8 Å². The van der Waals surface area contributed by atoms with Crippen LogP contribution in [0.4, 0.5) is 11.5 Å². The molecule has 0 spiro atoms. The van der Waals surface area contributed by atoms with E-state index in [1.165, 1.54) is 11.1 Å². The summed E-state index contributed by atoms with van der Waals surface area (Å²) in [7, 11) is 4.15. The summed E-state index contributed by atoms with van der Waals surface area (Å²) in [5.74, 6) is 0.970. The maximum atomic E-state index is 5.98. The van der Waals surface area contributed by atoms with E-state index in [9.17, 15) is 0 Å². The number of halogens is 1. The van der Waals surface area contributed by atoms with Crippen LogP contribution in [0.1, 0.15) is 25.7 Å². The first-order valence-electron chi connectivity index (χ1n) is 7.72. The number of nitrogens with two attached hydrogens (primary N) is 1. The van der Waals surface area contributed by atoms with Gasteiger partial charge in [-0.25, -0.2) is 4.98 Å². The van der Waals surface area contributed by atoms with Crippen LogP contribution < -0.4 is 16.0 Å². The molecule has 1 aromatic carbocycles. The third-order valence-corrected chi connectivity index (χ3v) is 4.30. The van der Waals surface area contributed by atoms with Gasteiger partial charge in [0, 0.05) is 43.3 Å². The molecule has 0 bridgehead atoms. The van der Waals surface area contributed by atoms with Gasteiger partial charge < -0.3 is 16.0 Å². The second-order valence-electron chi connectivity index (χ2n) is 6.19. The number of aromatic nitrogens is 1. The summed E-state index contributed by atoms with van der Waals surface area (Å²) in [6.45, 7) is 0. The lowest BCUT2D eigenvalue weighted by Gasteiger charge is -2.27. The van der Waals surface area contributed by atoms with Gasteiger partial charge in [-0.2, -0.15) is 0 Å². The van der Waals surface area contributed by atoms with Gasteiger partial charge >= 0.3 is 0 Å². The summed E-state index contributed by atoms with van der Waals surface area (Å²) in [4.78, 5) is 6.91. The van der Waals surface area contributed by atoms with Gasteiger partial charge in [-0.05, 0) is 31.7 Å². The molecule has 0 aliphatic heterocycles. The van der Waals surface area contributed by atoms with Crippen molar-refractivity contribution >= 4 is 34.8 Å². The minimum Gasteiger partial charge on any atom is -0.377 e. The largest absolute Gasteiger partial charge is 0.377 e. The van der Waals surface area contributed by atoms with Crippen LogP contribution in [-0.2, 0) is 0 Å². The van der Waals surface area contributed by atoms with Crippen molar-refractivity contribution in [1.29, 1.82) is 0 Å². The predicted molar refractivity (Wildman–Crippen MR) is 97.2 cm³/mol. The summed E-state index contributed by atoms with van der Waals surface area (Å²) in [5.41, 5.74) is 8.22. The molecule has 1 heterocycles. The molecule has 0 saturated heterocycles. The number of nitrogens with zero attached hydrogens (tertiary/aromatic N) is 2. The highest BCUT2D eigenvalue weighted by atomic mass is 35.5. The first kappa shape index (κ1) is 16.8. The Kier molecular flexibility index (Phi) is 5.48. The van der Waals surface area contributed by atoms with Crippen LogP contribution in [0, 0.1) is 0 Å². The molecule has 1 aromatic heterocycles. The number of hydrogen-bond donors (Lipinski definition) is 2. The molecule has 0 radical (unpaired) electrons. The fourth-order valence-electron chi connectivity index (χ4n) is 3.07. The molecule has 2 aromatic rings. The molecular formula is C17H25ClN4. The minimum absolute atomic E-state index is 0. The van der Waals surface area contributed by atoms with E-state index in [4.69, 9.17) is 10.7 Å². The zero-order chi connectivity index (χ0) is 14.8. The van der Waals surface area contributed by atoms with Crippen molar-refractivity contribution in [2.75, 3.05) is 24.3 Å². The van der Waals surface area contributed by atoms with Gasteiger partial charge in [0.05, 0.1) is 5.52 Å². The van der Waals surface area contributed by atoms with E-state index in [1.807, 2.05) is 6.07 Å². The first-order chi connectivity index (χ1) is 10.1. The van der Waals surface area contributed by atoms with Crippen molar-refractivity contribution in [2.24, 2.45) is 5.73 Å². The van der Waals surface area contributed by atoms with E-state index in [0.29, 0.717) is 12.1 Å². The van der Waals surface area contributed by atoms with Crippen LogP contribution in [0.25, 0.3) is 10.9 Å². The van der Waals surface area contributed by atoms with Gasteiger partial charge in [-0.15, -0.1) is 12.4 Å². The van der Waals surface area contributed by atoms with E-state index in [-0.39, 0.29) is 12.4 Å². The number of rotatable bonds is 3. The molecule has 3 rings (SSSR count). The SMILES string of the molecule is CN(C)c1cc(N[C@H]2CC[C@@H](N)CC2)nc2ccccc12.Cl. The van der Waals surface area contributed by atoms with Gasteiger partial charge in [-0.3, -0.25) is 0 Å². The summed E-state index contributed by atoms with van der Waals surface area (Å²) in [6, 6.07) is 11.3. The van der Waals surface area contributed by atoms with Crippen LogP contribution >= 0.6 is 12.4 Å². The summed E-state index contributed by atoms with van der Waals surface area (Å²) < 4.78 is 0. The number of anilines is 2. The lowest BCUT2D eigenvalue weighted by molar-refractivity contribution is 0.410. The molecule has 4 nitrogen and oxygen atoms in total. The zero-order valence-electron chi connectivity index (χ0n) is 13.2. The van der Waals surface area contributed by atoms with Crippen LogP contribution in [0.15, 0.2) is 30.3 Å². The van der Waals surface area contributed by atoms with Crippen molar-refractivity contribution in [1.82, 2.24) is 4.98 Å². The maximum absolute atomic E-state index is 5.98. The average Bonchev–Trinajstić information content (AvgIpc) is 2.48. The fourth-order valence-corrected chi connectivity index (χ4v) is 3.07. The fraction of sp³-hybridized carbons (Fsp3) is 0.471. The summed E-state index contributed by atoms with van der Waals surface area (Å²) in [5, 5.41) is 4.79. The Morgan fingerprint density at radius 2 is 1.82 bits per heavy atom. The van der Waals surface area contributed by atoms with Gasteiger partial charge in [0.2, 0.25) is 0 Å². The predicted octanol–water partition coefficient (Wildman–Crippen LogP) is 3.40.